The Balaban J connectivity index is 1.67. The van der Waals surface area contributed by atoms with Crippen LogP contribution in [0.15, 0.2) is 36.4 Å². The Morgan fingerprint density at radius 2 is 1.97 bits per heavy atom. The third kappa shape index (κ3) is 4.89. The molecule has 1 aliphatic carbocycles. The zero-order valence-corrected chi connectivity index (χ0v) is 20.5. The number of amides is 1. The van der Waals surface area contributed by atoms with Crippen molar-refractivity contribution in [3.63, 3.8) is 0 Å². The maximum atomic E-state index is 13.6. The van der Waals surface area contributed by atoms with Crippen LogP contribution in [0.4, 0.5) is 5.69 Å². The van der Waals surface area contributed by atoms with Crippen molar-refractivity contribution in [3.8, 4) is 11.5 Å². The molecule has 2 aliphatic rings. The molecule has 182 valence electrons. The summed E-state index contributed by atoms with van der Waals surface area (Å²) in [5, 5.41) is 3.28. The van der Waals surface area contributed by atoms with Crippen LogP contribution in [0.5, 0.6) is 11.5 Å². The van der Waals surface area contributed by atoms with E-state index in [1.54, 1.807) is 23.1 Å². The Morgan fingerprint density at radius 1 is 1.21 bits per heavy atom. The lowest BCUT2D eigenvalue weighted by molar-refractivity contribution is -0.111. The molecule has 2 aromatic carbocycles. The minimum atomic E-state index is -3.42. The summed E-state index contributed by atoms with van der Waals surface area (Å²) in [6.45, 7) is 3.04. The van der Waals surface area contributed by atoms with E-state index in [0.717, 1.165) is 24.7 Å². The molecule has 1 N–H and O–H groups in total. The Morgan fingerprint density at radius 3 is 2.59 bits per heavy atom. The Labute approximate surface area is 200 Å². The maximum absolute atomic E-state index is 13.6. The fraction of sp³-hybridized carbons (Fsp3) is 0.440. The lowest BCUT2D eigenvalue weighted by Gasteiger charge is -2.28. The standard InChI is InChI=1S/C25H30N2O6S/c1-4-33-22-12-17(8-9-21(22)32-2)20(14-34(3,30)31)27-13-18-6-5-7-19(23(18)24(27)29)26-15-25(16-28)10-11-25/h5-9,12,16,20,26H,4,10-11,13-15H2,1-3H3/t20-/m1/s1. The zero-order chi connectivity index (χ0) is 24.5. The minimum Gasteiger partial charge on any atom is -0.493 e. The van der Waals surface area contributed by atoms with Crippen LogP contribution < -0.4 is 14.8 Å². The minimum absolute atomic E-state index is 0.221. The average Bonchev–Trinajstić information content (AvgIpc) is 3.52. The van der Waals surface area contributed by atoms with Crippen molar-refractivity contribution in [1.82, 2.24) is 4.90 Å². The summed E-state index contributed by atoms with van der Waals surface area (Å²) in [4.78, 5) is 26.6. The molecule has 1 amide bonds. The fourth-order valence-corrected chi connectivity index (χ4v) is 5.32. The van der Waals surface area contributed by atoms with Gasteiger partial charge in [0, 0.05) is 30.4 Å². The molecule has 0 saturated heterocycles. The summed E-state index contributed by atoms with van der Waals surface area (Å²) < 4.78 is 35.8. The van der Waals surface area contributed by atoms with Gasteiger partial charge in [0.2, 0.25) is 0 Å². The summed E-state index contributed by atoms with van der Waals surface area (Å²) in [6.07, 6.45) is 3.84. The van der Waals surface area contributed by atoms with Gasteiger partial charge in [-0.1, -0.05) is 18.2 Å². The number of hydrogen-bond acceptors (Lipinski definition) is 7. The van der Waals surface area contributed by atoms with Gasteiger partial charge in [-0.15, -0.1) is 0 Å². The van der Waals surface area contributed by atoms with E-state index < -0.39 is 15.9 Å². The molecule has 34 heavy (non-hydrogen) atoms. The lowest BCUT2D eigenvalue weighted by atomic mass is 10.1. The first-order valence-corrected chi connectivity index (χ1v) is 13.4. The number of fused-ring (bicyclic) bond motifs is 1. The second-order valence-electron chi connectivity index (χ2n) is 9.06. The van der Waals surface area contributed by atoms with Gasteiger partial charge in [0.15, 0.2) is 11.5 Å². The molecule has 4 rings (SSSR count). The molecule has 0 bridgehead atoms. The highest BCUT2D eigenvalue weighted by Crippen LogP contribution is 2.44. The molecule has 9 heteroatoms. The van der Waals surface area contributed by atoms with Gasteiger partial charge in [0.1, 0.15) is 16.1 Å². The van der Waals surface area contributed by atoms with Crippen LogP contribution in [0, 0.1) is 5.41 Å². The van der Waals surface area contributed by atoms with E-state index in [1.165, 1.54) is 13.4 Å². The SMILES string of the molecule is CCOc1cc([C@@H](CS(C)(=O)=O)N2Cc3cccc(NCC4(C=O)CC4)c3C2=O)ccc1OC. The van der Waals surface area contributed by atoms with Gasteiger partial charge in [-0.3, -0.25) is 4.79 Å². The predicted molar refractivity (Wildman–Crippen MR) is 129 cm³/mol. The third-order valence-electron chi connectivity index (χ3n) is 6.45. The lowest BCUT2D eigenvalue weighted by Crippen LogP contribution is -2.34. The summed E-state index contributed by atoms with van der Waals surface area (Å²) in [5.41, 5.74) is 2.33. The molecular formula is C25H30N2O6S. The van der Waals surface area contributed by atoms with E-state index in [4.69, 9.17) is 9.47 Å². The van der Waals surface area contributed by atoms with E-state index in [9.17, 15) is 18.0 Å². The molecule has 1 saturated carbocycles. The van der Waals surface area contributed by atoms with Gasteiger partial charge < -0.3 is 24.5 Å². The number of anilines is 1. The number of carbonyl (C=O) groups is 2. The second-order valence-corrected chi connectivity index (χ2v) is 11.2. The molecule has 1 fully saturated rings. The monoisotopic (exact) mass is 486 g/mol. The van der Waals surface area contributed by atoms with E-state index in [2.05, 4.69) is 5.32 Å². The molecule has 1 aliphatic heterocycles. The topological polar surface area (TPSA) is 102 Å². The van der Waals surface area contributed by atoms with Crippen LogP contribution in [0.25, 0.3) is 0 Å². The van der Waals surface area contributed by atoms with Crippen molar-refractivity contribution in [2.45, 2.75) is 32.4 Å². The Hall–Kier alpha value is -3.07. The number of ether oxygens (including phenoxy) is 2. The van der Waals surface area contributed by atoms with Gasteiger partial charge >= 0.3 is 0 Å². The van der Waals surface area contributed by atoms with Crippen molar-refractivity contribution in [1.29, 1.82) is 0 Å². The van der Waals surface area contributed by atoms with Crippen LogP contribution >= 0.6 is 0 Å². The average molecular weight is 487 g/mol. The summed E-state index contributed by atoms with van der Waals surface area (Å²) in [7, 11) is -1.88. The van der Waals surface area contributed by atoms with Crippen LogP contribution in [0.3, 0.4) is 0 Å². The Bertz CT molecular complexity index is 1210. The van der Waals surface area contributed by atoms with Gasteiger partial charge in [0.05, 0.1) is 31.1 Å². The maximum Gasteiger partial charge on any atom is 0.257 e. The van der Waals surface area contributed by atoms with Crippen LogP contribution in [-0.4, -0.2) is 57.8 Å². The number of nitrogens with zero attached hydrogens (tertiary/aromatic N) is 1. The zero-order valence-electron chi connectivity index (χ0n) is 19.7. The molecule has 0 unspecified atom stereocenters. The highest BCUT2D eigenvalue weighted by atomic mass is 32.2. The number of benzene rings is 2. The summed E-state index contributed by atoms with van der Waals surface area (Å²) >= 11 is 0. The van der Waals surface area contributed by atoms with Crippen molar-refractivity contribution < 1.29 is 27.5 Å². The molecule has 1 heterocycles. The first kappa shape index (κ1) is 24.1. The van der Waals surface area contributed by atoms with E-state index in [1.807, 2.05) is 25.1 Å². The van der Waals surface area contributed by atoms with E-state index in [-0.39, 0.29) is 17.1 Å². The first-order valence-electron chi connectivity index (χ1n) is 11.3. The van der Waals surface area contributed by atoms with Crippen LogP contribution in [-0.2, 0) is 21.2 Å². The summed E-state index contributed by atoms with van der Waals surface area (Å²) in [5.74, 6) is 0.574. The van der Waals surface area contributed by atoms with Crippen molar-refractivity contribution in [2.24, 2.45) is 5.41 Å². The highest BCUT2D eigenvalue weighted by molar-refractivity contribution is 7.90. The van der Waals surface area contributed by atoms with Crippen molar-refractivity contribution in [3.05, 3.63) is 53.1 Å². The summed E-state index contributed by atoms with van der Waals surface area (Å²) in [6, 6.07) is 10.1. The molecule has 0 spiro atoms. The quantitative estimate of drug-likeness (QED) is 0.487. The smallest absolute Gasteiger partial charge is 0.257 e. The van der Waals surface area contributed by atoms with E-state index in [0.29, 0.717) is 48.0 Å². The largest absolute Gasteiger partial charge is 0.493 e. The molecule has 8 nitrogen and oxygen atoms in total. The Kier molecular flexibility index (Phi) is 6.58. The molecule has 0 aromatic heterocycles. The number of methoxy groups -OCH3 is 1. The predicted octanol–water partition coefficient (Wildman–Crippen LogP) is 3.23. The second kappa shape index (κ2) is 9.29. The van der Waals surface area contributed by atoms with Gasteiger partial charge in [0.25, 0.3) is 5.91 Å². The fourth-order valence-electron chi connectivity index (χ4n) is 4.37. The molecular weight excluding hydrogens is 456 g/mol. The van der Waals surface area contributed by atoms with Gasteiger partial charge in [-0.2, -0.15) is 0 Å². The molecule has 2 aromatic rings. The number of hydrogen-bond donors (Lipinski definition) is 1. The van der Waals surface area contributed by atoms with Crippen LogP contribution in [0.2, 0.25) is 0 Å². The normalized spacial score (nSPS) is 17.1. The van der Waals surface area contributed by atoms with Crippen LogP contribution in [0.1, 0.15) is 47.3 Å². The number of rotatable bonds is 11. The van der Waals surface area contributed by atoms with Crippen molar-refractivity contribution >= 4 is 27.7 Å². The molecule has 1 atom stereocenters. The number of aldehydes is 1. The van der Waals surface area contributed by atoms with Crippen molar-refractivity contribution in [2.75, 3.05) is 37.6 Å². The van der Waals surface area contributed by atoms with Gasteiger partial charge in [-0.05, 0) is 49.1 Å². The number of carbonyl (C=O) groups excluding carboxylic acids is 2. The van der Waals surface area contributed by atoms with E-state index >= 15 is 0 Å². The highest BCUT2D eigenvalue weighted by Gasteiger charge is 2.43. The number of nitrogens with one attached hydrogen (secondary N) is 1. The molecule has 0 radical (unpaired) electrons. The first-order chi connectivity index (χ1) is 16.2. The third-order valence-corrected chi connectivity index (χ3v) is 7.37. The number of sulfone groups is 1. The van der Waals surface area contributed by atoms with Gasteiger partial charge in [-0.25, -0.2) is 8.42 Å².